The number of nitrogens with two attached hydrogens (primary N) is 1. The minimum Gasteiger partial charge on any atom is -0.496 e. The average molecular weight is 248 g/mol. The minimum absolute atomic E-state index is 0.278. The van der Waals surface area contributed by atoms with Gasteiger partial charge in [0.15, 0.2) is 0 Å². The summed E-state index contributed by atoms with van der Waals surface area (Å²) in [6.45, 7) is 4.78. The Labute approximate surface area is 107 Å². The molecule has 98 valence electrons. The standard InChI is InChI=1S/C14H20N2O2/c1-8(7-15)12-9(2)16-14-11(18-4)6-5-10(17-3)13(12)14/h5-6,8,16H,7,15H2,1-4H3. The van der Waals surface area contributed by atoms with E-state index in [0.717, 1.165) is 28.1 Å². The lowest BCUT2D eigenvalue weighted by Gasteiger charge is -2.12. The number of aromatic nitrogens is 1. The van der Waals surface area contributed by atoms with E-state index < -0.39 is 0 Å². The number of nitrogens with one attached hydrogen (secondary N) is 1. The predicted molar refractivity (Wildman–Crippen MR) is 73.6 cm³/mol. The van der Waals surface area contributed by atoms with Crippen molar-refractivity contribution in [2.45, 2.75) is 19.8 Å². The Morgan fingerprint density at radius 1 is 1.22 bits per heavy atom. The molecule has 18 heavy (non-hydrogen) atoms. The van der Waals surface area contributed by atoms with Crippen molar-refractivity contribution in [3.63, 3.8) is 0 Å². The van der Waals surface area contributed by atoms with Crippen LogP contribution in [0.15, 0.2) is 12.1 Å². The van der Waals surface area contributed by atoms with Crippen LogP contribution >= 0.6 is 0 Å². The van der Waals surface area contributed by atoms with E-state index >= 15 is 0 Å². The lowest BCUT2D eigenvalue weighted by atomic mass is 9.97. The highest BCUT2D eigenvalue weighted by molar-refractivity contribution is 5.95. The zero-order valence-corrected chi connectivity index (χ0v) is 11.3. The van der Waals surface area contributed by atoms with E-state index in [-0.39, 0.29) is 5.92 Å². The highest BCUT2D eigenvalue weighted by Gasteiger charge is 2.19. The fourth-order valence-corrected chi connectivity index (χ4v) is 2.47. The lowest BCUT2D eigenvalue weighted by molar-refractivity contribution is 0.410. The van der Waals surface area contributed by atoms with Crippen LogP contribution in [0.4, 0.5) is 0 Å². The van der Waals surface area contributed by atoms with Crippen LogP contribution in [-0.4, -0.2) is 25.7 Å². The lowest BCUT2D eigenvalue weighted by Crippen LogP contribution is -2.09. The molecule has 1 atom stereocenters. The van der Waals surface area contributed by atoms with Gasteiger partial charge >= 0.3 is 0 Å². The fourth-order valence-electron chi connectivity index (χ4n) is 2.47. The van der Waals surface area contributed by atoms with Gasteiger partial charge in [0.2, 0.25) is 0 Å². The van der Waals surface area contributed by atoms with E-state index in [1.807, 2.05) is 12.1 Å². The van der Waals surface area contributed by atoms with Gasteiger partial charge in [0, 0.05) is 11.1 Å². The van der Waals surface area contributed by atoms with Gasteiger partial charge in [-0.25, -0.2) is 0 Å². The summed E-state index contributed by atoms with van der Waals surface area (Å²) in [7, 11) is 3.35. The molecule has 0 spiro atoms. The number of H-pyrrole nitrogens is 1. The first-order valence-corrected chi connectivity index (χ1v) is 6.07. The monoisotopic (exact) mass is 248 g/mol. The third-order valence-electron chi connectivity index (χ3n) is 3.40. The Hall–Kier alpha value is -1.68. The molecule has 0 aliphatic rings. The number of aromatic amines is 1. The number of rotatable bonds is 4. The largest absolute Gasteiger partial charge is 0.496 e. The number of benzene rings is 1. The number of methoxy groups -OCH3 is 2. The van der Waals surface area contributed by atoms with E-state index in [0.29, 0.717) is 6.54 Å². The van der Waals surface area contributed by atoms with Gasteiger partial charge in [0.1, 0.15) is 11.5 Å². The average Bonchev–Trinajstić information content (AvgIpc) is 2.73. The highest BCUT2D eigenvalue weighted by atomic mass is 16.5. The summed E-state index contributed by atoms with van der Waals surface area (Å²) in [5.41, 5.74) is 9.10. The number of fused-ring (bicyclic) bond motifs is 1. The smallest absolute Gasteiger partial charge is 0.143 e. The normalized spacial score (nSPS) is 12.7. The van der Waals surface area contributed by atoms with Crippen LogP contribution in [0.2, 0.25) is 0 Å². The van der Waals surface area contributed by atoms with Gasteiger partial charge in [0.25, 0.3) is 0 Å². The summed E-state index contributed by atoms with van der Waals surface area (Å²) < 4.78 is 10.8. The van der Waals surface area contributed by atoms with Gasteiger partial charge in [-0.2, -0.15) is 0 Å². The number of aryl methyl sites for hydroxylation is 1. The molecule has 0 aliphatic carbocycles. The van der Waals surface area contributed by atoms with E-state index in [4.69, 9.17) is 15.2 Å². The molecule has 1 aromatic heterocycles. The molecule has 4 heteroatoms. The first kappa shape index (κ1) is 12.8. The first-order valence-electron chi connectivity index (χ1n) is 6.07. The summed E-state index contributed by atoms with van der Waals surface area (Å²) in [6.07, 6.45) is 0. The molecule has 3 N–H and O–H groups in total. The van der Waals surface area contributed by atoms with Crippen LogP contribution in [0.5, 0.6) is 11.5 Å². The molecule has 4 nitrogen and oxygen atoms in total. The molecule has 1 unspecified atom stereocenters. The van der Waals surface area contributed by atoms with Crippen molar-refractivity contribution in [3.05, 3.63) is 23.4 Å². The van der Waals surface area contributed by atoms with Crippen molar-refractivity contribution in [1.82, 2.24) is 4.98 Å². The van der Waals surface area contributed by atoms with Gasteiger partial charge in [0.05, 0.1) is 19.7 Å². The zero-order chi connectivity index (χ0) is 13.3. The molecule has 0 bridgehead atoms. The summed E-state index contributed by atoms with van der Waals surface area (Å²) >= 11 is 0. The zero-order valence-electron chi connectivity index (χ0n) is 11.3. The van der Waals surface area contributed by atoms with Crippen molar-refractivity contribution in [2.24, 2.45) is 5.73 Å². The topological polar surface area (TPSA) is 60.3 Å². The fraction of sp³-hybridized carbons (Fsp3) is 0.429. The van der Waals surface area contributed by atoms with E-state index in [1.165, 1.54) is 5.56 Å². The molecule has 1 aromatic carbocycles. The van der Waals surface area contributed by atoms with Crippen molar-refractivity contribution in [2.75, 3.05) is 20.8 Å². The Bertz CT molecular complexity index is 560. The molecule has 0 aliphatic heterocycles. The van der Waals surface area contributed by atoms with E-state index in [9.17, 15) is 0 Å². The predicted octanol–water partition coefficient (Wildman–Crippen LogP) is 2.56. The third-order valence-corrected chi connectivity index (χ3v) is 3.40. The van der Waals surface area contributed by atoms with Crippen molar-refractivity contribution < 1.29 is 9.47 Å². The Morgan fingerprint density at radius 3 is 2.39 bits per heavy atom. The van der Waals surface area contributed by atoms with Gasteiger partial charge in [-0.05, 0) is 37.1 Å². The number of hydrogen-bond donors (Lipinski definition) is 2. The number of hydrogen-bond acceptors (Lipinski definition) is 3. The summed E-state index contributed by atoms with van der Waals surface area (Å²) in [5, 5.41) is 1.08. The first-order chi connectivity index (χ1) is 8.63. The molecular weight excluding hydrogens is 228 g/mol. The number of ether oxygens (including phenoxy) is 2. The Balaban J connectivity index is 2.81. The van der Waals surface area contributed by atoms with Crippen LogP contribution in [0, 0.1) is 6.92 Å². The molecule has 1 heterocycles. The van der Waals surface area contributed by atoms with Crippen LogP contribution in [-0.2, 0) is 0 Å². The van der Waals surface area contributed by atoms with Crippen LogP contribution in [0.3, 0.4) is 0 Å². The van der Waals surface area contributed by atoms with E-state index in [1.54, 1.807) is 14.2 Å². The van der Waals surface area contributed by atoms with Gasteiger partial charge < -0.3 is 20.2 Å². The Morgan fingerprint density at radius 2 is 1.83 bits per heavy atom. The third kappa shape index (κ3) is 1.82. The maximum Gasteiger partial charge on any atom is 0.143 e. The van der Waals surface area contributed by atoms with Gasteiger partial charge in [-0.3, -0.25) is 0 Å². The van der Waals surface area contributed by atoms with Crippen molar-refractivity contribution >= 4 is 10.9 Å². The molecular formula is C14H20N2O2. The molecule has 2 aromatic rings. The molecule has 0 fully saturated rings. The van der Waals surface area contributed by atoms with Crippen LogP contribution < -0.4 is 15.2 Å². The molecule has 0 radical (unpaired) electrons. The maximum absolute atomic E-state index is 5.80. The second-order valence-electron chi connectivity index (χ2n) is 4.52. The molecule has 0 saturated heterocycles. The van der Waals surface area contributed by atoms with E-state index in [2.05, 4.69) is 18.8 Å². The van der Waals surface area contributed by atoms with Crippen LogP contribution in [0.25, 0.3) is 10.9 Å². The maximum atomic E-state index is 5.80. The Kier molecular flexibility index (Phi) is 3.48. The summed E-state index contributed by atoms with van der Waals surface area (Å²) in [4.78, 5) is 3.38. The SMILES string of the molecule is COc1ccc(OC)c2c(C(C)CN)c(C)[nH]c12. The van der Waals surface area contributed by atoms with Crippen molar-refractivity contribution in [1.29, 1.82) is 0 Å². The molecule has 0 saturated carbocycles. The van der Waals surface area contributed by atoms with Crippen LogP contribution in [0.1, 0.15) is 24.1 Å². The molecule has 0 amide bonds. The highest BCUT2D eigenvalue weighted by Crippen LogP contribution is 2.39. The molecule has 2 rings (SSSR count). The second-order valence-corrected chi connectivity index (χ2v) is 4.52. The second kappa shape index (κ2) is 4.90. The summed E-state index contributed by atoms with van der Waals surface area (Å²) in [5.74, 6) is 1.95. The van der Waals surface area contributed by atoms with Gasteiger partial charge in [-0.15, -0.1) is 0 Å². The minimum atomic E-state index is 0.278. The summed E-state index contributed by atoms with van der Waals surface area (Å²) in [6, 6.07) is 3.84. The van der Waals surface area contributed by atoms with Gasteiger partial charge in [-0.1, -0.05) is 6.92 Å². The quantitative estimate of drug-likeness (QED) is 0.874. The van der Waals surface area contributed by atoms with Crippen molar-refractivity contribution in [3.8, 4) is 11.5 Å².